The molecular formula is C19H20N4O3. The average molecular weight is 352 g/mol. The maximum absolute atomic E-state index is 11.6. The lowest BCUT2D eigenvalue weighted by Crippen LogP contribution is -2.21. The number of ether oxygens (including phenoxy) is 1. The van der Waals surface area contributed by atoms with E-state index in [1.807, 2.05) is 44.3 Å². The molecule has 0 aliphatic carbocycles. The van der Waals surface area contributed by atoms with Crippen molar-refractivity contribution in [2.45, 2.75) is 19.4 Å². The van der Waals surface area contributed by atoms with Gasteiger partial charge in [-0.05, 0) is 32.5 Å². The van der Waals surface area contributed by atoms with Crippen molar-refractivity contribution >= 4 is 17.0 Å². The first-order valence-corrected chi connectivity index (χ1v) is 8.57. The Balaban J connectivity index is 1.88. The zero-order chi connectivity index (χ0) is 18.3. The summed E-state index contributed by atoms with van der Waals surface area (Å²) in [5, 5.41) is 14.8. The fourth-order valence-corrected chi connectivity index (χ4v) is 3.37. The van der Waals surface area contributed by atoms with Gasteiger partial charge in [-0.25, -0.2) is 14.5 Å². The minimum absolute atomic E-state index is 0.0340. The van der Waals surface area contributed by atoms with E-state index < -0.39 is 5.97 Å². The molecule has 0 spiro atoms. The summed E-state index contributed by atoms with van der Waals surface area (Å²) in [7, 11) is 2.05. The fraction of sp³-hybridized carbons (Fsp3) is 0.316. The summed E-state index contributed by atoms with van der Waals surface area (Å²) in [6.07, 6.45) is 0.945. The monoisotopic (exact) mass is 352 g/mol. The Morgan fingerprint density at radius 3 is 2.73 bits per heavy atom. The highest BCUT2D eigenvalue weighted by Crippen LogP contribution is 2.32. The van der Waals surface area contributed by atoms with E-state index >= 15 is 0 Å². The van der Waals surface area contributed by atoms with Gasteiger partial charge in [0.25, 0.3) is 0 Å². The van der Waals surface area contributed by atoms with E-state index in [4.69, 9.17) is 4.74 Å². The number of aromatic carboxylic acids is 1. The first kappa shape index (κ1) is 16.5. The lowest BCUT2D eigenvalue weighted by molar-refractivity contribution is 0.0690. The van der Waals surface area contributed by atoms with Crippen LogP contribution in [0.2, 0.25) is 0 Å². The number of para-hydroxylation sites is 1. The van der Waals surface area contributed by atoms with E-state index in [0.717, 1.165) is 36.3 Å². The molecule has 1 aliphatic rings. The van der Waals surface area contributed by atoms with E-state index in [-0.39, 0.29) is 11.8 Å². The number of aryl methyl sites for hydroxylation is 1. The minimum atomic E-state index is -1.08. The number of carboxylic acid groups (broad SMARTS) is 1. The molecule has 1 atom stereocenters. The van der Waals surface area contributed by atoms with Gasteiger partial charge in [0, 0.05) is 19.2 Å². The molecule has 1 N–H and O–H groups in total. The number of carboxylic acids is 1. The number of pyridine rings is 1. The van der Waals surface area contributed by atoms with Crippen LogP contribution in [0.5, 0.6) is 5.75 Å². The molecule has 1 saturated heterocycles. The number of aromatic nitrogens is 3. The van der Waals surface area contributed by atoms with Gasteiger partial charge in [-0.1, -0.05) is 18.2 Å². The normalized spacial score (nSPS) is 17.7. The number of hydrogen-bond donors (Lipinski definition) is 1. The third kappa shape index (κ3) is 2.90. The molecule has 7 nitrogen and oxygen atoms in total. The summed E-state index contributed by atoms with van der Waals surface area (Å²) in [5.74, 6) is -0.550. The number of carbonyl (C=O) groups is 1. The molecule has 0 radical (unpaired) electrons. The van der Waals surface area contributed by atoms with Crippen molar-refractivity contribution in [2.75, 3.05) is 20.1 Å². The molecule has 1 aliphatic heterocycles. The zero-order valence-corrected chi connectivity index (χ0v) is 14.7. The van der Waals surface area contributed by atoms with Crippen LogP contribution in [0.25, 0.3) is 16.7 Å². The van der Waals surface area contributed by atoms with Gasteiger partial charge < -0.3 is 14.7 Å². The summed E-state index contributed by atoms with van der Waals surface area (Å²) in [6, 6.07) is 11.1. The Hall–Kier alpha value is -2.93. The van der Waals surface area contributed by atoms with Crippen LogP contribution in [0.15, 0.2) is 36.4 Å². The number of benzene rings is 1. The maximum atomic E-state index is 11.6. The van der Waals surface area contributed by atoms with Crippen LogP contribution >= 0.6 is 0 Å². The molecule has 1 fully saturated rings. The highest BCUT2D eigenvalue weighted by molar-refractivity contribution is 5.93. The van der Waals surface area contributed by atoms with Crippen LogP contribution in [0.3, 0.4) is 0 Å². The number of hydrogen-bond acceptors (Lipinski definition) is 5. The standard InChI is InChI=1S/C19H20N4O3/c1-12-17-16(26-14-8-9-22(2)11-14)10-15(19(24)25)20-18(17)23(21-12)13-6-4-3-5-7-13/h3-7,10,14H,8-9,11H2,1-2H3,(H,24,25)/t14-/m1/s1. The van der Waals surface area contributed by atoms with Gasteiger partial charge in [0.1, 0.15) is 11.9 Å². The van der Waals surface area contributed by atoms with Gasteiger partial charge in [-0.2, -0.15) is 5.10 Å². The molecule has 1 aromatic carbocycles. The number of likely N-dealkylation sites (N-methyl/N-ethyl adjacent to an activating group) is 1. The van der Waals surface area contributed by atoms with Crippen LogP contribution < -0.4 is 4.74 Å². The van der Waals surface area contributed by atoms with Gasteiger partial charge in [0.15, 0.2) is 11.3 Å². The van der Waals surface area contributed by atoms with E-state index in [2.05, 4.69) is 15.0 Å². The first-order chi connectivity index (χ1) is 12.5. The predicted octanol–water partition coefficient (Wildman–Crippen LogP) is 2.51. The van der Waals surface area contributed by atoms with Crippen LogP contribution in [-0.4, -0.2) is 57.0 Å². The molecule has 2 aromatic heterocycles. The average Bonchev–Trinajstić information content (AvgIpc) is 3.19. The maximum Gasteiger partial charge on any atom is 0.354 e. The van der Waals surface area contributed by atoms with Gasteiger partial charge in [-0.15, -0.1) is 0 Å². The molecule has 26 heavy (non-hydrogen) atoms. The van der Waals surface area contributed by atoms with Crippen molar-refractivity contribution in [1.29, 1.82) is 0 Å². The molecule has 4 rings (SSSR count). The first-order valence-electron chi connectivity index (χ1n) is 8.57. The Morgan fingerprint density at radius 1 is 1.31 bits per heavy atom. The summed E-state index contributed by atoms with van der Waals surface area (Å²) >= 11 is 0. The van der Waals surface area contributed by atoms with Crippen LogP contribution in [0.1, 0.15) is 22.6 Å². The molecule has 3 aromatic rings. The Bertz CT molecular complexity index is 968. The molecule has 0 amide bonds. The topological polar surface area (TPSA) is 80.5 Å². The van der Waals surface area contributed by atoms with Gasteiger partial charge in [0.2, 0.25) is 0 Å². The molecule has 3 heterocycles. The number of rotatable bonds is 4. The number of nitrogens with zero attached hydrogens (tertiary/aromatic N) is 4. The van der Waals surface area contributed by atoms with Crippen molar-refractivity contribution in [2.24, 2.45) is 0 Å². The molecule has 0 bridgehead atoms. The van der Waals surface area contributed by atoms with Crippen molar-refractivity contribution in [3.63, 3.8) is 0 Å². The quantitative estimate of drug-likeness (QED) is 0.777. The highest BCUT2D eigenvalue weighted by atomic mass is 16.5. The Labute approximate surface area is 150 Å². The number of likely N-dealkylation sites (tertiary alicyclic amines) is 1. The SMILES string of the molecule is Cc1nn(-c2ccccc2)c2nc(C(=O)O)cc(O[C@@H]3CCN(C)C3)c12. The van der Waals surface area contributed by atoms with Gasteiger partial charge in [0.05, 0.1) is 16.8 Å². The minimum Gasteiger partial charge on any atom is -0.488 e. The Kier molecular flexibility index (Phi) is 4.08. The second-order valence-electron chi connectivity index (χ2n) is 6.63. The van der Waals surface area contributed by atoms with Gasteiger partial charge in [-0.3, -0.25) is 0 Å². The van der Waals surface area contributed by atoms with Crippen molar-refractivity contribution in [3.8, 4) is 11.4 Å². The van der Waals surface area contributed by atoms with Crippen molar-refractivity contribution in [3.05, 3.63) is 47.8 Å². The second kappa shape index (κ2) is 6.42. The predicted molar refractivity (Wildman–Crippen MR) is 97.1 cm³/mol. The molecular weight excluding hydrogens is 332 g/mol. The highest BCUT2D eigenvalue weighted by Gasteiger charge is 2.25. The summed E-state index contributed by atoms with van der Waals surface area (Å²) < 4.78 is 7.85. The van der Waals surface area contributed by atoms with Crippen LogP contribution in [0, 0.1) is 6.92 Å². The number of fused-ring (bicyclic) bond motifs is 1. The third-order valence-corrected chi connectivity index (χ3v) is 4.64. The molecule has 134 valence electrons. The fourth-order valence-electron chi connectivity index (χ4n) is 3.37. The lowest BCUT2D eigenvalue weighted by atomic mass is 10.2. The summed E-state index contributed by atoms with van der Waals surface area (Å²) in [5.41, 5.74) is 2.03. The largest absolute Gasteiger partial charge is 0.488 e. The van der Waals surface area contributed by atoms with Gasteiger partial charge >= 0.3 is 5.97 Å². The van der Waals surface area contributed by atoms with Crippen molar-refractivity contribution < 1.29 is 14.6 Å². The second-order valence-corrected chi connectivity index (χ2v) is 6.63. The van der Waals surface area contributed by atoms with Crippen molar-refractivity contribution in [1.82, 2.24) is 19.7 Å². The summed E-state index contributed by atoms with van der Waals surface area (Å²) in [4.78, 5) is 18.1. The van der Waals surface area contributed by atoms with E-state index in [0.29, 0.717) is 11.4 Å². The van der Waals surface area contributed by atoms with E-state index in [9.17, 15) is 9.90 Å². The van der Waals surface area contributed by atoms with Crippen LogP contribution in [-0.2, 0) is 0 Å². The van der Waals surface area contributed by atoms with E-state index in [1.54, 1.807) is 4.68 Å². The zero-order valence-electron chi connectivity index (χ0n) is 14.7. The third-order valence-electron chi connectivity index (χ3n) is 4.64. The van der Waals surface area contributed by atoms with Crippen LogP contribution in [0.4, 0.5) is 0 Å². The smallest absolute Gasteiger partial charge is 0.354 e. The lowest BCUT2D eigenvalue weighted by Gasteiger charge is -2.15. The molecule has 0 saturated carbocycles. The molecule has 7 heteroatoms. The summed E-state index contributed by atoms with van der Waals surface area (Å²) in [6.45, 7) is 3.67. The van der Waals surface area contributed by atoms with E-state index in [1.165, 1.54) is 6.07 Å². The molecule has 0 unspecified atom stereocenters. The Morgan fingerprint density at radius 2 is 2.08 bits per heavy atom.